The molecule has 0 radical (unpaired) electrons. The average molecular weight is 424 g/mol. The molecule has 0 spiro atoms. The van der Waals surface area contributed by atoms with Gasteiger partial charge in [-0.15, -0.1) is 5.10 Å². The van der Waals surface area contributed by atoms with Gasteiger partial charge in [0.05, 0.1) is 17.6 Å². The molecule has 0 aliphatic rings. The van der Waals surface area contributed by atoms with Crippen molar-refractivity contribution in [3.63, 3.8) is 0 Å². The Labute approximate surface area is 170 Å². The molecule has 4 rings (SSSR count). The minimum absolute atomic E-state index is 0.207. The molecule has 0 unspecified atom stereocenters. The Morgan fingerprint density at radius 1 is 1.03 bits per heavy atom. The maximum atomic E-state index is 12.7. The second-order valence-corrected chi connectivity index (χ2v) is 8.12. The number of nitrogens with one attached hydrogen (secondary N) is 3. The van der Waals surface area contributed by atoms with Crippen LogP contribution in [0.25, 0.3) is 16.9 Å². The summed E-state index contributed by atoms with van der Waals surface area (Å²) in [6, 6.07) is 14.3. The summed E-state index contributed by atoms with van der Waals surface area (Å²) in [5.74, 6) is 0. The van der Waals surface area contributed by atoms with Crippen LogP contribution in [0.2, 0.25) is 0 Å². The fourth-order valence-corrected chi connectivity index (χ4v) is 3.89. The highest BCUT2D eigenvalue weighted by molar-refractivity contribution is 7.92. The van der Waals surface area contributed by atoms with Crippen LogP contribution in [0.1, 0.15) is 5.56 Å². The molecule has 2 aromatic carbocycles. The average Bonchev–Trinajstić information content (AvgIpc) is 3.18. The number of anilines is 1. The van der Waals surface area contributed by atoms with Crippen molar-refractivity contribution >= 4 is 15.7 Å². The van der Waals surface area contributed by atoms with Crippen molar-refractivity contribution in [2.45, 2.75) is 11.8 Å². The lowest BCUT2D eigenvalue weighted by Crippen LogP contribution is -2.29. The van der Waals surface area contributed by atoms with Gasteiger partial charge in [0.2, 0.25) is 0 Å². The van der Waals surface area contributed by atoms with Gasteiger partial charge in [-0.25, -0.2) is 17.9 Å². The number of H-pyrrole nitrogens is 2. The molecule has 10 nitrogen and oxygen atoms in total. The van der Waals surface area contributed by atoms with Crippen LogP contribution >= 0.6 is 0 Å². The van der Waals surface area contributed by atoms with Crippen LogP contribution in [0, 0.1) is 6.92 Å². The lowest BCUT2D eigenvalue weighted by molar-refractivity contribution is 0.599. The second-order valence-electron chi connectivity index (χ2n) is 6.47. The van der Waals surface area contributed by atoms with Crippen LogP contribution in [0.15, 0.2) is 75.4 Å². The second kappa shape index (κ2) is 7.44. The third-order valence-electron chi connectivity index (χ3n) is 4.31. The van der Waals surface area contributed by atoms with Gasteiger partial charge in [-0.3, -0.25) is 14.5 Å². The summed E-state index contributed by atoms with van der Waals surface area (Å²) in [5.41, 5.74) is 1.21. The van der Waals surface area contributed by atoms with Gasteiger partial charge in [-0.2, -0.15) is 0 Å². The summed E-state index contributed by atoms with van der Waals surface area (Å²) in [6.07, 6.45) is 2.52. The Morgan fingerprint density at radius 3 is 2.50 bits per heavy atom. The normalized spacial score (nSPS) is 11.4. The third-order valence-corrected chi connectivity index (χ3v) is 5.68. The molecular weight excluding hydrogens is 408 g/mol. The van der Waals surface area contributed by atoms with E-state index in [1.807, 2.05) is 36.2 Å². The lowest BCUT2D eigenvalue weighted by Gasteiger charge is -2.10. The van der Waals surface area contributed by atoms with Crippen LogP contribution in [0.3, 0.4) is 0 Å². The molecule has 0 amide bonds. The molecule has 11 heteroatoms. The molecule has 2 heterocycles. The molecule has 152 valence electrons. The van der Waals surface area contributed by atoms with Gasteiger partial charge in [-0.05, 0) is 25.1 Å². The molecule has 30 heavy (non-hydrogen) atoms. The number of hydrogen-bond donors (Lipinski definition) is 3. The van der Waals surface area contributed by atoms with E-state index in [1.54, 1.807) is 29.1 Å². The van der Waals surface area contributed by atoms with E-state index < -0.39 is 26.2 Å². The summed E-state index contributed by atoms with van der Waals surface area (Å²) in [6.45, 7) is 1.98. The first-order valence-electron chi connectivity index (χ1n) is 8.77. The molecule has 2 aromatic heterocycles. The van der Waals surface area contributed by atoms with Gasteiger partial charge >= 0.3 is 5.69 Å². The van der Waals surface area contributed by atoms with E-state index in [-0.39, 0.29) is 5.69 Å². The topological polar surface area (TPSA) is 143 Å². The quantitative estimate of drug-likeness (QED) is 0.442. The predicted octanol–water partition coefficient (Wildman–Crippen LogP) is 1.42. The van der Waals surface area contributed by atoms with Crippen molar-refractivity contribution in [3.8, 4) is 16.9 Å². The molecule has 0 saturated heterocycles. The van der Waals surface area contributed by atoms with Gasteiger partial charge < -0.3 is 4.98 Å². The minimum atomic E-state index is -4.26. The number of aromatic nitrogens is 5. The molecule has 0 aliphatic heterocycles. The Balaban J connectivity index is 1.71. The summed E-state index contributed by atoms with van der Waals surface area (Å²) in [4.78, 5) is 26.5. The standard InChI is InChI=1S/C19H16N6O4S/c1-12-6-8-13(9-7-12)25-11-16(22-24-25)14-4-2-3-5-15(14)23-30(28,29)17-10-20-19(27)21-18(17)26/h2-11,23H,1H3,(H2,20,21,26,27). The van der Waals surface area contributed by atoms with Crippen molar-refractivity contribution < 1.29 is 8.42 Å². The summed E-state index contributed by atoms with van der Waals surface area (Å²) >= 11 is 0. The molecular formula is C19H16N6O4S. The highest BCUT2D eigenvalue weighted by Crippen LogP contribution is 2.28. The Morgan fingerprint density at radius 2 is 1.77 bits per heavy atom. The van der Waals surface area contributed by atoms with E-state index >= 15 is 0 Å². The van der Waals surface area contributed by atoms with Crippen molar-refractivity contribution in [1.29, 1.82) is 0 Å². The van der Waals surface area contributed by atoms with E-state index in [2.05, 4.69) is 20.0 Å². The van der Waals surface area contributed by atoms with Crippen LogP contribution in [-0.4, -0.2) is 33.4 Å². The van der Waals surface area contributed by atoms with E-state index in [1.165, 1.54) is 6.07 Å². The van der Waals surface area contributed by atoms with Crippen LogP contribution in [0.4, 0.5) is 5.69 Å². The zero-order valence-corrected chi connectivity index (χ0v) is 16.5. The van der Waals surface area contributed by atoms with Crippen LogP contribution in [-0.2, 0) is 10.0 Å². The van der Waals surface area contributed by atoms with Gasteiger partial charge in [0.1, 0.15) is 5.69 Å². The number of para-hydroxylation sites is 1. The number of aryl methyl sites for hydroxylation is 1. The fraction of sp³-hybridized carbons (Fsp3) is 0.0526. The van der Waals surface area contributed by atoms with E-state index in [0.717, 1.165) is 17.4 Å². The Kier molecular flexibility index (Phi) is 4.80. The maximum Gasteiger partial charge on any atom is 0.325 e. The van der Waals surface area contributed by atoms with Crippen molar-refractivity contribution in [3.05, 3.63) is 87.3 Å². The molecule has 0 atom stereocenters. The smallest absolute Gasteiger partial charge is 0.313 e. The first kappa shape index (κ1) is 19.3. The number of sulfonamides is 1. The molecule has 0 saturated carbocycles. The molecule has 0 fully saturated rings. The highest BCUT2D eigenvalue weighted by atomic mass is 32.2. The first-order chi connectivity index (χ1) is 14.3. The number of hydrogen-bond acceptors (Lipinski definition) is 6. The lowest BCUT2D eigenvalue weighted by atomic mass is 10.1. The highest BCUT2D eigenvalue weighted by Gasteiger charge is 2.21. The number of aromatic amines is 2. The van der Waals surface area contributed by atoms with Gasteiger partial charge in [0.25, 0.3) is 15.6 Å². The van der Waals surface area contributed by atoms with Gasteiger partial charge in [0, 0.05) is 11.8 Å². The van der Waals surface area contributed by atoms with Crippen molar-refractivity contribution in [1.82, 2.24) is 25.0 Å². The first-order valence-corrected chi connectivity index (χ1v) is 10.3. The van der Waals surface area contributed by atoms with Crippen molar-refractivity contribution in [2.75, 3.05) is 4.72 Å². The number of rotatable bonds is 5. The van der Waals surface area contributed by atoms with E-state index in [0.29, 0.717) is 11.3 Å². The monoisotopic (exact) mass is 424 g/mol. The van der Waals surface area contributed by atoms with Gasteiger partial charge in [0.15, 0.2) is 4.90 Å². The Bertz CT molecular complexity index is 1430. The fourth-order valence-electron chi connectivity index (χ4n) is 2.80. The summed E-state index contributed by atoms with van der Waals surface area (Å²) < 4.78 is 29.3. The molecule has 3 N–H and O–H groups in total. The Hall–Kier alpha value is -3.99. The summed E-state index contributed by atoms with van der Waals surface area (Å²) in [7, 11) is -4.26. The minimum Gasteiger partial charge on any atom is -0.313 e. The van der Waals surface area contributed by atoms with E-state index in [4.69, 9.17) is 0 Å². The maximum absolute atomic E-state index is 12.7. The SMILES string of the molecule is Cc1ccc(-n2cc(-c3ccccc3NS(=O)(=O)c3c[nH]c(=O)[nH]c3=O)nn2)cc1. The van der Waals surface area contributed by atoms with Gasteiger partial charge in [-0.1, -0.05) is 41.1 Å². The molecule has 0 aliphatic carbocycles. The zero-order chi connectivity index (χ0) is 21.3. The van der Waals surface area contributed by atoms with Crippen LogP contribution < -0.4 is 16.0 Å². The predicted molar refractivity (Wildman–Crippen MR) is 110 cm³/mol. The largest absolute Gasteiger partial charge is 0.325 e. The van der Waals surface area contributed by atoms with E-state index in [9.17, 15) is 18.0 Å². The summed E-state index contributed by atoms with van der Waals surface area (Å²) in [5, 5.41) is 8.25. The third kappa shape index (κ3) is 3.78. The number of benzene rings is 2. The van der Waals surface area contributed by atoms with Crippen LogP contribution in [0.5, 0.6) is 0 Å². The number of nitrogens with zero attached hydrogens (tertiary/aromatic N) is 3. The molecule has 0 bridgehead atoms. The molecule has 4 aromatic rings. The zero-order valence-electron chi connectivity index (χ0n) is 15.7. The van der Waals surface area contributed by atoms with Crippen molar-refractivity contribution in [2.24, 2.45) is 0 Å².